The van der Waals surface area contributed by atoms with Crippen molar-refractivity contribution in [3.8, 4) is 5.75 Å². The Morgan fingerprint density at radius 1 is 0.889 bits per heavy atom. The highest BCUT2D eigenvalue weighted by atomic mass is 16.5. The summed E-state index contributed by atoms with van der Waals surface area (Å²) in [4.78, 5) is 24.4. The van der Waals surface area contributed by atoms with E-state index in [1.807, 2.05) is 19.1 Å². The number of carbonyl (C=O) groups is 2. The highest BCUT2D eigenvalue weighted by molar-refractivity contribution is 6.05. The molecule has 0 radical (unpaired) electrons. The van der Waals surface area contributed by atoms with Crippen LogP contribution in [0.15, 0.2) is 48.5 Å². The van der Waals surface area contributed by atoms with Crippen molar-refractivity contribution in [3.63, 3.8) is 0 Å². The Balaban J connectivity index is 1.97. The second-order valence-corrected chi connectivity index (χ2v) is 6.42. The van der Waals surface area contributed by atoms with E-state index < -0.39 is 0 Å². The molecule has 0 unspecified atom stereocenters. The Morgan fingerprint density at radius 3 is 2.37 bits per heavy atom. The molecule has 144 valence electrons. The van der Waals surface area contributed by atoms with E-state index in [9.17, 15) is 9.59 Å². The second-order valence-electron chi connectivity index (χ2n) is 6.42. The third kappa shape index (κ3) is 7.13. The van der Waals surface area contributed by atoms with E-state index in [-0.39, 0.29) is 11.8 Å². The SMILES string of the molecule is CCCCCC(=O)Nc1cccc(NC(=O)c2cccc(OCCC)c2)c1. The van der Waals surface area contributed by atoms with Gasteiger partial charge in [-0.3, -0.25) is 9.59 Å². The first kappa shape index (κ1) is 20.5. The quantitative estimate of drug-likeness (QED) is 0.563. The third-order valence-corrected chi connectivity index (χ3v) is 3.98. The normalized spacial score (nSPS) is 10.3. The van der Waals surface area contributed by atoms with Gasteiger partial charge in [0.05, 0.1) is 6.61 Å². The summed E-state index contributed by atoms with van der Waals surface area (Å²) in [6.07, 6.45) is 4.43. The molecule has 2 aromatic carbocycles. The lowest BCUT2D eigenvalue weighted by molar-refractivity contribution is -0.116. The number of hydrogen-bond acceptors (Lipinski definition) is 3. The zero-order chi connectivity index (χ0) is 19.5. The molecule has 5 nitrogen and oxygen atoms in total. The van der Waals surface area contributed by atoms with Crippen molar-refractivity contribution < 1.29 is 14.3 Å². The third-order valence-electron chi connectivity index (χ3n) is 3.98. The minimum atomic E-state index is -0.219. The predicted molar refractivity (Wildman–Crippen MR) is 109 cm³/mol. The number of unbranched alkanes of at least 4 members (excludes halogenated alkanes) is 2. The molecule has 0 aromatic heterocycles. The minimum absolute atomic E-state index is 0.00676. The maximum atomic E-state index is 12.5. The number of carbonyl (C=O) groups excluding carboxylic acids is 2. The van der Waals surface area contributed by atoms with Gasteiger partial charge in [-0.2, -0.15) is 0 Å². The van der Waals surface area contributed by atoms with Crippen LogP contribution in [0.3, 0.4) is 0 Å². The van der Waals surface area contributed by atoms with Gasteiger partial charge in [0.25, 0.3) is 5.91 Å². The molecule has 2 amide bonds. The van der Waals surface area contributed by atoms with E-state index in [0.29, 0.717) is 35.7 Å². The fourth-order valence-electron chi connectivity index (χ4n) is 2.58. The van der Waals surface area contributed by atoms with Crippen molar-refractivity contribution in [2.75, 3.05) is 17.2 Å². The number of nitrogens with one attached hydrogen (secondary N) is 2. The lowest BCUT2D eigenvalue weighted by Gasteiger charge is -2.10. The topological polar surface area (TPSA) is 67.4 Å². The molecular weight excluding hydrogens is 340 g/mol. The summed E-state index contributed by atoms with van der Waals surface area (Å²) in [5, 5.41) is 5.74. The van der Waals surface area contributed by atoms with E-state index in [2.05, 4.69) is 17.6 Å². The molecular formula is C22H28N2O3. The fourth-order valence-corrected chi connectivity index (χ4v) is 2.58. The lowest BCUT2D eigenvalue weighted by Crippen LogP contribution is -2.13. The van der Waals surface area contributed by atoms with Crippen LogP contribution in [0.2, 0.25) is 0 Å². The summed E-state index contributed by atoms with van der Waals surface area (Å²) < 4.78 is 5.57. The van der Waals surface area contributed by atoms with Crippen molar-refractivity contribution in [2.45, 2.75) is 46.0 Å². The molecule has 2 aromatic rings. The van der Waals surface area contributed by atoms with E-state index in [1.54, 1.807) is 36.4 Å². The maximum Gasteiger partial charge on any atom is 0.255 e. The molecule has 5 heteroatoms. The van der Waals surface area contributed by atoms with E-state index >= 15 is 0 Å². The Bertz CT molecular complexity index is 759. The van der Waals surface area contributed by atoms with Gasteiger partial charge in [0.2, 0.25) is 5.91 Å². The Morgan fingerprint density at radius 2 is 1.63 bits per heavy atom. The maximum absolute atomic E-state index is 12.5. The summed E-state index contributed by atoms with van der Waals surface area (Å²) in [5.41, 5.74) is 1.83. The van der Waals surface area contributed by atoms with Gasteiger partial charge in [0, 0.05) is 23.4 Å². The molecule has 0 heterocycles. The van der Waals surface area contributed by atoms with Gasteiger partial charge in [0.15, 0.2) is 0 Å². The van der Waals surface area contributed by atoms with Crippen LogP contribution >= 0.6 is 0 Å². The number of benzene rings is 2. The molecule has 27 heavy (non-hydrogen) atoms. The summed E-state index contributed by atoms with van der Waals surface area (Å²) in [6, 6.07) is 14.3. The van der Waals surface area contributed by atoms with Gasteiger partial charge in [-0.1, -0.05) is 38.8 Å². The second kappa shape index (κ2) is 11.0. The van der Waals surface area contributed by atoms with Crippen molar-refractivity contribution in [1.82, 2.24) is 0 Å². The predicted octanol–water partition coefficient (Wildman–Crippen LogP) is 5.25. The molecule has 0 saturated heterocycles. The average Bonchev–Trinajstić information content (AvgIpc) is 2.67. The first-order valence-electron chi connectivity index (χ1n) is 9.56. The van der Waals surface area contributed by atoms with Crippen LogP contribution in [0.4, 0.5) is 11.4 Å². The smallest absolute Gasteiger partial charge is 0.255 e. The number of amides is 2. The molecule has 0 bridgehead atoms. The zero-order valence-corrected chi connectivity index (χ0v) is 16.1. The van der Waals surface area contributed by atoms with Crippen molar-refractivity contribution in [2.24, 2.45) is 0 Å². The van der Waals surface area contributed by atoms with E-state index in [1.165, 1.54) is 0 Å². The molecule has 0 spiro atoms. The number of rotatable bonds is 10. The molecule has 0 aliphatic carbocycles. The van der Waals surface area contributed by atoms with Gasteiger partial charge in [0.1, 0.15) is 5.75 Å². The van der Waals surface area contributed by atoms with Crippen LogP contribution in [0.25, 0.3) is 0 Å². The largest absolute Gasteiger partial charge is 0.494 e. The van der Waals surface area contributed by atoms with Crippen LogP contribution in [-0.2, 0) is 4.79 Å². The highest BCUT2D eigenvalue weighted by Gasteiger charge is 2.09. The molecule has 2 N–H and O–H groups in total. The van der Waals surface area contributed by atoms with Crippen molar-refractivity contribution in [1.29, 1.82) is 0 Å². The van der Waals surface area contributed by atoms with E-state index in [0.717, 1.165) is 25.7 Å². The Kier molecular flexibility index (Phi) is 8.36. The van der Waals surface area contributed by atoms with Gasteiger partial charge in [-0.05, 0) is 49.2 Å². The fraction of sp³-hybridized carbons (Fsp3) is 0.364. The van der Waals surface area contributed by atoms with Crippen molar-refractivity contribution in [3.05, 3.63) is 54.1 Å². The molecule has 2 rings (SSSR count). The first-order chi connectivity index (χ1) is 13.1. The standard InChI is InChI=1S/C22H28N2O3/c1-3-5-6-13-21(25)23-18-10-8-11-19(16-18)24-22(26)17-9-7-12-20(15-17)27-14-4-2/h7-12,15-16H,3-6,13-14H2,1-2H3,(H,23,25)(H,24,26). The van der Waals surface area contributed by atoms with Crippen LogP contribution in [-0.4, -0.2) is 18.4 Å². The van der Waals surface area contributed by atoms with Crippen LogP contribution in [0.1, 0.15) is 56.3 Å². The summed E-state index contributed by atoms with van der Waals surface area (Å²) in [7, 11) is 0. The minimum Gasteiger partial charge on any atom is -0.494 e. The monoisotopic (exact) mass is 368 g/mol. The number of ether oxygens (including phenoxy) is 1. The number of anilines is 2. The highest BCUT2D eigenvalue weighted by Crippen LogP contribution is 2.18. The van der Waals surface area contributed by atoms with Crippen LogP contribution < -0.4 is 15.4 Å². The molecule has 0 atom stereocenters. The zero-order valence-electron chi connectivity index (χ0n) is 16.1. The van der Waals surface area contributed by atoms with Crippen LogP contribution in [0, 0.1) is 0 Å². The Hall–Kier alpha value is -2.82. The molecule has 0 fully saturated rings. The molecule has 0 saturated carbocycles. The number of hydrogen-bond donors (Lipinski definition) is 2. The Labute approximate surface area is 161 Å². The van der Waals surface area contributed by atoms with Gasteiger partial charge in [-0.15, -0.1) is 0 Å². The van der Waals surface area contributed by atoms with Gasteiger partial charge < -0.3 is 15.4 Å². The first-order valence-corrected chi connectivity index (χ1v) is 9.56. The molecule has 0 aliphatic heterocycles. The summed E-state index contributed by atoms with van der Waals surface area (Å²) in [5.74, 6) is 0.452. The van der Waals surface area contributed by atoms with Gasteiger partial charge in [-0.25, -0.2) is 0 Å². The lowest BCUT2D eigenvalue weighted by atomic mass is 10.2. The average molecular weight is 368 g/mol. The van der Waals surface area contributed by atoms with Crippen LogP contribution in [0.5, 0.6) is 5.75 Å². The van der Waals surface area contributed by atoms with Crippen molar-refractivity contribution >= 4 is 23.2 Å². The summed E-state index contributed by atoms with van der Waals surface area (Å²) >= 11 is 0. The summed E-state index contributed by atoms with van der Waals surface area (Å²) in [6.45, 7) is 4.76. The van der Waals surface area contributed by atoms with Gasteiger partial charge >= 0.3 is 0 Å². The van der Waals surface area contributed by atoms with E-state index in [4.69, 9.17) is 4.74 Å². The molecule has 0 aliphatic rings.